The van der Waals surface area contributed by atoms with Crippen LogP contribution in [0.2, 0.25) is 0 Å². The molecule has 5 rings (SSSR count). The van der Waals surface area contributed by atoms with Crippen LogP contribution in [0.15, 0.2) is 72.8 Å². The molecule has 3 aromatic rings. The summed E-state index contributed by atoms with van der Waals surface area (Å²) in [4.78, 5) is 25.1. The lowest BCUT2D eigenvalue weighted by Gasteiger charge is -2.43. The maximum Gasteiger partial charge on any atom is 0.303 e. The number of carboxylic acid groups (broad SMARTS) is 1. The first-order valence-electron chi connectivity index (χ1n) is 14.9. The number of amides is 1. The Morgan fingerprint density at radius 1 is 0.884 bits per heavy atom. The first-order chi connectivity index (χ1) is 20.9. The van der Waals surface area contributed by atoms with Crippen LogP contribution in [0.1, 0.15) is 54.4 Å². The van der Waals surface area contributed by atoms with Crippen LogP contribution in [0.3, 0.4) is 0 Å². The third-order valence-corrected chi connectivity index (χ3v) is 8.14. The van der Waals surface area contributed by atoms with Crippen LogP contribution in [-0.4, -0.2) is 65.9 Å². The average molecular weight is 589 g/mol. The zero-order chi connectivity index (χ0) is 30.2. The lowest BCUT2D eigenvalue weighted by Crippen LogP contribution is -2.47. The van der Waals surface area contributed by atoms with Gasteiger partial charge in [-0.1, -0.05) is 67.6 Å². The van der Waals surface area contributed by atoms with E-state index in [4.69, 9.17) is 19.3 Å². The molecule has 2 aliphatic rings. The number of ether oxygens (including phenoxy) is 3. The highest BCUT2D eigenvalue weighted by molar-refractivity contribution is 5.80. The maximum absolute atomic E-state index is 12.0. The summed E-state index contributed by atoms with van der Waals surface area (Å²) in [7, 11) is 0. The van der Waals surface area contributed by atoms with Crippen molar-refractivity contribution in [2.45, 2.75) is 51.4 Å². The predicted molar refractivity (Wildman–Crippen MR) is 161 cm³/mol. The second-order valence-electron chi connectivity index (χ2n) is 11.2. The normalized spacial score (nSPS) is 22.7. The summed E-state index contributed by atoms with van der Waals surface area (Å²) in [6, 6.07) is 24.0. The molecule has 2 fully saturated rings. The molecule has 0 unspecified atom stereocenters. The molecule has 3 aromatic carbocycles. The molecule has 2 saturated heterocycles. The van der Waals surface area contributed by atoms with Gasteiger partial charge in [-0.2, -0.15) is 0 Å². The first-order valence-corrected chi connectivity index (χ1v) is 14.9. The van der Waals surface area contributed by atoms with Crippen molar-refractivity contribution in [3.05, 3.63) is 95.1 Å². The van der Waals surface area contributed by atoms with Crippen molar-refractivity contribution in [3.8, 4) is 11.1 Å². The number of carbonyl (C=O) groups excluding carboxylic acids is 1. The molecule has 0 spiro atoms. The number of carbonyl (C=O) groups is 2. The number of aliphatic hydroxyl groups is 1. The molecule has 1 amide bonds. The molecule has 2 heterocycles. The van der Waals surface area contributed by atoms with E-state index in [1.165, 1.54) is 0 Å². The fraction of sp³-hybridized carbons (Fsp3) is 0.412. The van der Waals surface area contributed by atoms with Crippen molar-refractivity contribution < 1.29 is 34.0 Å². The Labute approximate surface area is 252 Å². The van der Waals surface area contributed by atoms with Crippen LogP contribution in [-0.2, 0) is 37.0 Å². The Bertz CT molecular complexity index is 1370. The number of aliphatic carboxylic acids is 1. The van der Waals surface area contributed by atoms with E-state index in [2.05, 4.69) is 23.2 Å². The van der Waals surface area contributed by atoms with Crippen LogP contribution in [0, 0.1) is 5.92 Å². The van der Waals surface area contributed by atoms with Gasteiger partial charge in [-0.15, -0.1) is 0 Å². The van der Waals surface area contributed by atoms with Crippen molar-refractivity contribution in [1.82, 2.24) is 10.2 Å². The Morgan fingerprint density at radius 3 is 2.33 bits per heavy atom. The number of nitrogens with zero attached hydrogens (tertiary/aromatic N) is 1. The lowest BCUT2D eigenvalue weighted by molar-refractivity contribution is -0.277. The van der Waals surface area contributed by atoms with Gasteiger partial charge in [0.25, 0.3) is 0 Å². The van der Waals surface area contributed by atoms with Crippen molar-refractivity contribution in [1.29, 1.82) is 0 Å². The number of hydrogen-bond acceptors (Lipinski definition) is 7. The number of nitrogens with one attached hydrogen (secondary N) is 1. The van der Waals surface area contributed by atoms with Crippen molar-refractivity contribution in [3.63, 3.8) is 0 Å². The van der Waals surface area contributed by atoms with Crippen molar-refractivity contribution in [2.24, 2.45) is 5.92 Å². The molecule has 4 atom stereocenters. The Hall–Kier alpha value is -3.60. The van der Waals surface area contributed by atoms with Crippen LogP contribution >= 0.6 is 0 Å². The smallest absolute Gasteiger partial charge is 0.303 e. The number of benzene rings is 3. The SMILES string of the molecule is C[C@@H]1[C@H](CN2CCOCC2)O[C@H](c2cccc(-c3cccc(CNC(=O)CCC(=O)O)c3)c2)O[C@@H]1c1ccc(CO)cc1. The van der Waals surface area contributed by atoms with E-state index in [1.54, 1.807) is 0 Å². The number of carboxylic acids is 1. The molecular weight excluding hydrogens is 548 g/mol. The van der Waals surface area contributed by atoms with Crippen molar-refractivity contribution in [2.75, 3.05) is 32.8 Å². The van der Waals surface area contributed by atoms with Gasteiger partial charge in [-0.25, -0.2) is 0 Å². The zero-order valence-electron chi connectivity index (χ0n) is 24.5. The lowest BCUT2D eigenvalue weighted by atomic mass is 9.89. The van der Waals surface area contributed by atoms with Crippen LogP contribution < -0.4 is 5.32 Å². The van der Waals surface area contributed by atoms with Crippen LogP contribution in [0.4, 0.5) is 0 Å². The second-order valence-corrected chi connectivity index (χ2v) is 11.2. The summed E-state index contributed by atoms with van der Waals surface area (Å²) in [5.74, 6) is -1.18. The van der Waals surface area contributed by atoms with E-state index >= 15 is 0 Å². The quantitative estimate of drug-likeness (QED) is 0.301. The average Bonchev–Trinajstić information content (AvgIpc) is 3.04. The van der Waals surface area contributed by atoms with Gasteiger partial charge in [0.05, 0.1) is 38.4 Å². The first kappa shape index (κ1) is 30.8. The summed E-state index contributed by atoms with van der Waals surface area (Å²) < 4.78 is 18.9. The van der Waals surface area contributed by atoms with E-state index in [0.29, 0.717) is 6.54 Å². The monoisotopic (exact) mass is 588 g/mol. The molecule has 0 saturated carbocycles. The van der Waals surface area contributed by atoms with Crippen molar-refractivity contribution >= 4 is 11.9 Å². The van der Waals surface area contributed by atoms with Gasteiger partial charge >= 0.3 is 5.97 Å². The van der Waals surface area contributed by atoms with Gasteiger partial charge in [0.2, 0.25) is 5.91 Å². The molecule has 228 valence electrons. The minimum Gasteiger partial charge on any atom is -0.481 e. The second kappa shape index (κ2) is 14.7. The van der Waals surface area contributed by atoms with Gasteiger partial charge in [0, 0.05) is 44.1 Å². The zero-order valence-corrected chi connectivity index (χ0v) is 24.5. The summed E-state index contributed by atoms with van der Waals surface area (Å²) in [6.07, 6.45) is -1.05. The highest BCUT2D eigenvalue weighted by Gasteiger charge is 2.39. The maximum atomic E-state index is 12.0. The fourth-order valence-electron chi connectivity index (χ4n) is 5.60. The van der Waals surface area contributed by atoms with Crippen LogP contribution in [0.5, 0.6) is 0 Å². The minimum atomic E-state index is -0.990. The molecule has 0 aliphatic carbocycles. The molecule has 9 nitrogen and oxygen atoms in total. The summed E-state index contributed by atoms with van der Waals surface area (Å²) in [5.41, 5.74) is 5.74. The van der Waals surface area contributed by atoms with Crippen LogP contribution in [0.25, 0.3) is 11.1 Å². The molecule has 3 N–H and O–H groups in total. The number of rotatable bonds is 11. The summed E-state index contributed by atoms with van der Waals surface area (Å²) in [5, 5.41) is 21.1. The molecule has 0 radical (unpaired) electrons. The predicted octanol–water partition coefficient (Wildman–Crippen LogP) is 4.45. The Morgan fingerprint density at radius 2 is 1.60 bits per heavy atom. The molecule has 43 heavy (non-hydrogen) atoms. The van der Waals surface area contributed by atoms with E-state index in [9.17, 15) is 14.7 Å². The summed E-state index contributed by atoms with van der Waals surface area (Å²) in [6.45, 7) is 6.47. The van der Waals surface area contributed by atoms with Gasteiger partial charge in [0.15, 0.2) is 6.29 Å². The molecular formula is C34H40N2O7. The number of hydrogen-bond donors (Lipinski definition) is 3. The molecule has 2 aliphatic heterocycles. The highest BCUT2D eigenvalue weighted by atomic mass is 16.7. The topological polar surface area (TPSA) is 118 Å². The van der Waals surface area contributed by atoms with E-state index in [-0.39, 0.29) is 43.5 Å². The third-order valence-electron chi connectivity index (χ3n) is 8.14. The molecule has 0 aromatic heterocycles. The van der Waals surface area contributed by atoms with Gasteiger partial charge < -0.3 is 29.7 Å². The third kappa shape index (κ3) is 8.28. The standard InChI is InChI=1S/C34H40N2O7/c1-23-30(21-36-14-16-41-17-15-36)42-34(43-33(23)26-10-8-24(22-37)9-11-26)29-7-3-6-28(19-29)27-5-2-4-25(18-27)20-35-31(38)12-13-32(39)40/h2-11,18-19,23,30,33-34,37H,12-17,20-22H2,1H3,(H,35,38)(H,39,40)/t23-,30+,33+,34+/m1/s1. The number of morpholine rings is 1. The van der Waals surface area contributed by atoms with E-state index in [1.807, 2.05) is 66.7 Å². The largest absolute Gasteiger partial charge is 0.481 e. The van der Waals surface area contributed by atoms with Gasteiger partial charge in [-0.3, -0.25) is 14.5 Å². The molecule has 9 heteroatoms. The fourth-order valence-corrected chi connectivity index (χ4v) is 5.60. The summed E-state index contributed by atoms with van der Waals surface area (Å²) >= 11 is 0. The molecule has 0 bridgehead atoms. The highest BCUT2D eigenvalue weighted by Crippen LogP contribution is 2.42. The van der Waals surface area contributed by atoms with Gasteiger partial charge in [-0.05, 0) is 39.9 Å². The number of aliphatic hydroxyl groups excluding tert-OH is 1. The minimum absolute atomic E-state index is 0.00215. The van der Waals surface area contributed by atoms with Gasteiger partial charge in [0.1, 0.15) is 0 Å². The Kier molecular flexibility index (Phi) is 10.6. The van der Waals surface area contributed by atoms with E-state index in [0.717, 1.165) is 66.2 Å². The Balaban J connectivity index is 1.35. The van der Waals surface area contributed by atoms with E-state index < -0.39 is 12.3 Å².